The van der Waals surface area contributed by atoms with Gasteiger partial charge in [0.2, 0.25) is 0 Å². The maximum absolute atomic E-state index is 12.8. The smallest absolute Gasteiger partial charge is 0.387 e. The van der Waals surface area contributed by atoms with E-state index in [-0.39, 0.29) is 34.9 Å². The van der Waals surface area contributed by atoms with E-state index < -0.39 is 6.61 Å². The molecule has 1 aliphatic heterocycles. The second kappa shape index (κ2) is 8.98. The molecule has 8 heteroatoms. The zero-order valence-electron chi connectivity index (χ0n) is 16.4. The highest BCUT2D eigenvalue weighted by atomic mass is 19.3. The van der Waals surface area contributed by atoms with E-state index in [9.17, 15) is 13.6 Å². The van der Waals surface area contributed by atoms with Crippen LogP contribution in [0.5, 0.6) is 23.0 Å². The molecule has 0 unspecified atom stereocenters. The monoisotopic (exact) mass is 407 g/mol. The Balaban J connectivity index is 1.81. The van der Waals surface area contributed by atoms with Crippen LogP contribution in [-0.2, 0) is 0 Å². The number of nitrogens with one attached hydrogen (secondary N) is 1. The second-order valence-corrected chi connectivity index (χ2v) is 6.84. The summed E-state index contributed by atoms with van der Waals surface area (Å²) in [6.45, 7) is 1.97. The SMILES string of the molecule is COc1cc(C(=O)N[C@H](c2ccc3c(c2)OCCO3)C(C)C)ccc1OC(F)F. The predicted molar refractivity (Wildman–Crippen MR) is 102 cm³/mol. The third-order valence-electron chi connectivity index (χ3n) is 4.52. The molecule has 1 heterocycles. The van der Waals surface area contributed by atoms with Crippen LogP contribution < -0.4 is 24.3 Å². The molecule has 0 saturated heterocycles. The summed E-state index contributed by atoms with van der Waals surface area (Å²) in [6.07, 6.45) is 0. The van der Waals surface area contributed by atoms with Crippen LogP contribution in [0.1, 0.15) is 35.8 Å². The molecule has 0 aromatic heterocycles. The molecular weight excluding hydrogens is 384 g/mol. The lowest BCUT2D eigenvalue weighted by Crippen LogP contribution is -2.32. The average Bonchev–Trinajstić information content (AvgIpc) is 2.71. The van der Waals surface area contributed by atoms with Gasteiger partial charge in [0.05, 0.1) is 13.2 Å². The number of hydrogen-bond acceptors (Lipinski definition) is 5. The van der Waals surface area contributed by atoms with Gasteiger partial charge in [-0.3, -0.25) is 4.79 Å². The lowest BCUT2D eigenvalue weighted by Gasteiger charge is -2.25. The molecule has 2 aromatic carbocycles. The minimum atomic E-state index is -2.98. The van der Waals surface area contributed by atoms with Gasteiger partial charge in [-0.15, -0.1) is 0 Å². The van der Waals surface area contributed by atoms with E-state index in [0.717, 1.165) is 5.56 Å². The summed E-state index contributed by atoms with van der Waals surface area (Å²) in [4.78, 5) is 12.8. The van der Waals surface area contributed by atoms with Crippen LogP contribution in [0.4, 0.5) is 8.78 Å². The zero-order valence-corrected chi connectivity index (χ0v) is 16.4. The summed E-state index contributed by atoms with van der Waals surface area (Å²) in [5.74, 6) is 0.965. The fourth-order valence-corrected chi connectivity index (χ4v) is 3.12. The Morgan fingerprint density at radius 1 is 1.03 bits per heavy atom. The first-order valence-corrected chi connectivity index (χ1v) is 9.22. The van der Waals surface area contributed by atoms with Gasteiger partial charge in [-0.25, -0.2) is 0 Å². The summed E-state index contributed by atoms with van der Waals surface area (Å²) < 4.78 is 45.6. The number of benzene rings is 2. The molecule has 0 saturated carbocycles. The first kappa shape index (κ1) is 20.7. The minimum absolute atomic E-state index is 0.0541. The Morgan fingerprint density at radius 2 is 1.76 bits per heavy atom. The normalized spacial score (nSPS) is 13.9. The van der Waals surface area contributed by atoms with E-state index >= 15 is 0 Å². The van der Waals surface area contributed by atoms with Crippen LogP contribution in [0.15, 0.2) is 36.4 Å². The van der Waals surface area contributed by atoms with Gasteiger partial charge in [0.1, 0.15) is 13.2 Å². The molecule has 6 nitrogen and oxygen atoms in total. The van der Waals surface area contributed by atoms with Gasteiger partial charge in [0, 0.05) is 5.56 Å². The third-order valence-corrected chi connectivity index (χ3v) is 4.52. The topological polar surface area (TPSA) is 66.0 Å². The molecule has 1 N–H and O–H groups in total. The molecule has 156 valence electrons. The molecule has 1 amide bonds. The summed E-state index contributed by atoms with van der Waals surface area (Å²) in [5, 5.41) is 2.99. The van der Waals surface area contributed by atoms with Gasteiger partial charge in [0.25, 0.3) is 5.91 Å². The van der Waals surface area contributed by atoms with Gasteiger partial charge in [-0.05, 0) is 41.8 Å². The molecule has 0 bridgehead atoms. The van der Waals surface area contributed by atoms with Crippen molar-refractivity contribution in [1.82, 2.24) is 5.32 Å². The molecule has 3 rings (SSSR count). The van der Waals surface area contributed by atoms with Gasteiger partial charge in [0.15, 0.2) is 23.0 Å². The molecular formula is C21H23F2NO5. The van der Waals surface area contributed by atoms with Gasteiger partial charge in [-0.2, -0.15) is 8.78 Å². The molecule has 0 radical (unpaired) electrons. The van der Waals surface area contributed by atoms with Crippen molar-refractivity contribution in [3.05, 3.63) is 47.5 Å². The third kappa shape index (κ3) is 4.88. The van der Waals surface area contributed by atoms with Crippen molar-refractivity contribution >= 4 is 5.91 Å². The number of alkyl halides is 2. The maximum Gasteiger partial charge on any atom is 0.387 e. The molecule has 2 aromatic rings. The van der Waals surface area contributed by atoms with Crippen molar-refractivity contribution in [2.24, 2.45) is 5.92 Å². The van der Waals surface area contributed by atoms with Gasteiger partial charge < -0.3 is 24.3 Å². The summed E-state index contributed by atoms with van der Waals surface area (Å²) >= 11 is 0. The lowest BCUT2D eigenvalue weighted by atomic mass is 9.95. The van der Waals surface area contributed by atoms with E-state index in [1.165, 1.54) is 25.3 Å². The van der Waals surface area contributed by atoms with Crippen molar-refractivity contribution in [2.75, 3.05) is 20.3 Å². The quantitative estimate of drug-likeness (QED) is 0.745. The van der Waals surface area contributed by atoms with Crippen molar-refractivity contribution in [2.45, 2.75) is 26.5 Å². The molecule has 1 atom stereocenters. The number of halogens is 2. The van der Waals surface area contributed by atoms with E-state index in [1.807, 2.05) is 32.0 Å². The highest BCUT2D eigenvalue weighted by Crippen LogP contribution is 2.35. The van der Waals surface area contributed by atoms with E-state index in [4.69, 9.17) is 14.2 Å². The lowest BCUT2D eigenvalue weighted by molar-refractivity contribution is -0.0512. The largest absolute Gasteiger partial charge is 0.493 e. The van der Waals surface area contributed by atoms with Crippen LogP contribution in [0.2, 0.25) is 0 Å². The molecule has 0 aliphatic carbocycles. The summed E-state index contributed by atoms with van der Waals surface area (Å²) in [6, 6.07) is 9.35. The Bertz CT molecular complexity index is 872. The highest BCUT2D eigenvalue weighted by molar-refractivity contribution is 5.95. The number of amides is 1. The van der Waals surface area contributed by atoms with Crippen molar-refractivity contribution in [3.63, 3.8) is 0 Å². The number of ether oxygens (including phenoxy) is 4. The van der Waals surface area contributed by atoms with Crippen LogP contribution in [0, 0.1) is 5.92 Å². The average molecular weight is 407 g/mol. The number of hydrogen-bond donors (Lipinski definition) is 1. The van der Waals surface area contributed by atoms with Crippen molar-refractivity contribution in [3.8, 4) is 23.0 Å². The van der Waals surface area contributed by atoms with E-state index in [0.29, 0.717) is 24.7 Å². The fraction of sp³-hybridized carbons (Fsp3) is 0.381. The minimum Gasteiger partial charge on any atom is -0.493 e. The van der Waals surface area contributed by atoms with Crippen LogP contribution in [0.25, 0.3) is 0 Å². The number of methoxy groups -OCH3 is 1. The van der Waals surface area contributed by atoms with Crippen LogP contribution >= 0.6 is 0 Å². The first-order valence-electron chi connectivity index (χ1n) is 9.22. The number of carbonyl (C=O) groups excluding carboxylic acids is 1. The van der Waals surface area contributed by atoms with Crippen LogP contribution in [0.3, 0.4) is 0 Å². The zero-order chi connectivity index (χ0) is 21.0. The standard InChI is InChI=1S/C21H23F2NO5/c1-12(2)19(13-4-6-15-18(10-13)28-9-8-27-15)24-20(25)14-5-7-16(29-21(22)23)17(11-14)26-3/h4-7,10-12,19,21H,8-9H2,1-3H3,(H,24,25)/t19-/m0/s1. The predicted octanol–water partition coefficient (Wildman–Crippen LogP) is 4.19. The number of carbonyl (C=O) groups is 1. The molecule has 29 heavy (non-hydrogen) atoms. The Labute approximate surface area is 167 Å². The highest BCUT2D eigenvalue weighted by Gasteiger charge is 2.23. The van der Waals surface area contributed by atoms with E-state index in [1.54, 1.807) is 0 Å². The number of rotatable bonds is 7. The fourth-order valence-electron chi connectivity index (χ4n) is 3.12. The van der Waals surface area contributed by atoms with E-state index in [2.05, 4.69) is 10.1 Å². The van der Waals surface area contributed by atoms with Gasteiger partial charge >= 0.3 is 6.61 Å². The summed E-state index contributed by atoms with van der Waals surface area (Å²) in [5.41, 5.74) is 1.15. The molecule has 0 spiro atoms. The van der Waals surface area contributed by atoms with Gasteiger partial charge in [-0.1, -0.05) is 19.9 Å². The first-order chi connectivity index (χ1) is 13.9. The maximum atomic E-state index is 12.8. The van der Waals surface area contributed by atoms with Crippen molar-refractivity contribution in [1.29, 1.82) is 0 Å². The van der Waals surface area contributed by atoms with Crippen molar-refractivity contribution < 1.29 is 32.5 Å². The molecule has 1 aliphatic rings. The second-order valence-electron chi connectivity index (χ2n) is 6.84. The Morgan fingerprint density at radius 3 is 2.41 bits per heavy atom. The summed E-state index contributed by atoms with van der Waals surface area (Å²) in [7, 11) is 1.32. The van der Waals surface area contributed by atoms with Crippen LogP contribution in [-0.4, -0.2) is 32.8 Å². The Kier molecular flexibility index (Phi) is 6.41. The molecule has 0 fully saturated rings. The number of fused-ring (bicyclic) bond motifs is 1. The Hall–Kier alpha value is -3.03.